The SMILES string of the molecule is C=C(C)CN=C(N)NCC1CCCN(C)C1c1cccs1. The number of aliphatic imine (C=N–C) groups is 1. The van der Waals surface area contributed by atoms with Crippen LogP contribution in [-0.2, 0) is 0 Å². The van der Waals surface area contributed by atoms with E-state index in [0.29, 0.717) is 24.5 Å². The summed E-state index contributed by atoms with van der Waals surface area (Å²) in [6.07, 6.45) is 2.47. The van der Waals surface area contributed by atoms with E-state index in [0.717, 1.165) is 18.7 Å². The summed E-state index contributed by atoms with van der Waals surface area (Å²) in [4.78, 5) is 8.19. The maximum Gasteiger partial charge on any atom is 0.188 e. The van der Waals surface area contributed by atoms with Gasteiger partial charge in [-0.15, -0.1) is 11.3 Å². The van der Waals surface area contributed by atoms with Gasteiger partial charge < -0.3 is 11.1 Å². The second-order valence-corrected chi connectivity index (χ2v) is 6.86. The van der Waals surface area contributed by atoms with Crippen LogP contribution in [0.1, 0.15) is 30.7 Å². The first-order valence-electron chi connectivity index (χ1n) is 7.49. The molecule has 21 heavy (non-hydrogen) atoms. The van der Waals surface area contributed by atoms with E-state index in [1.165, 1.54) is 17.7 Å². The highest BCUT2D eigenvalue weighted by atomic mass is 32.1. The van der Waals surface area contributed by atoms with Gasteiger partial charge in [0.1, 0.15) is 0 Å². The number of piperidine rings is 1. The Hall–Kier alpha value is -1.33. The highest BCUT2D eigenvalue weighted by molar-refractivity contribution is 7.10. The summed E-state index contributed by atoms with van der Waals surface area (Å²) >= 11 is 1.84. The Morgan fingerprint density at radius 2 is 2.43 bits per heavy atom. The summed E-state index contributed by atoms with van der Waals surface area (Å²) in [6, 6.07) is 4.86. The van der Waals surface area contributed by atoms with Crippen molar-refractivity contribution in [3.8, 4) is 0 Å². The fraction of sp³-hybridized carbons (Fsp3) is 0.562. The lowest BCUT2D eigenvalue weighted by Gasteiger charge is -2.39. The fourth-order valence-electron chi connectivity index (χ4n) is 2.89. The van der Waals surface area contributed by atoms with Crippen LogP contribution in [0.4, 0.5) is 0 Å². The van der Waals surface area contributed by atoms with Crippen molar-refractivity contribution < 1.29 is 0 Å². The second kappa shape index (κ2) is 7.61. The minimum atomic E-state index is 0.486. The molecule has 1 fully saturated rings. The highest BCUT2D eigenvalue weighted by Gasteiger charge is 2.30. The number of hydrogen-bond donors (Lipinski definition) is 2. The van der Waals surface area contributed by atoms with Crippen molar-refractivity contribution in [2.45, 2.75) is 25.8 Å². The third-order valence-corrected chi connectivity index (χ3v) is 4.85. The van der Waals surface area contributed by atoms with Crippen molar-refractivity contribution >= 4 is 17.3 Å². The summed E-state index contributed by atoms with van der Waals surface area (Å²) in [5.41, 5.74) is 6.95. The zero-order valence-corrected chi connectivity index (χ0v) is 13.8. The minimum absolute atomic E-state index is 0.486. The average molecular weight is 306 g/mol. The Labute approximate surface area is 131 Å². The van der Waals surface area contributed by atoms with Gasteiger partial charge >= 0.3 is 0 Å². The van der Waals surface area contributed by atoms with Gasteiger partial charge in [0.2, 0.25) is 0 Å². The number of hydrogen-bond acceptors (Lipinski definition) is 3. The van der Waals surface area contributed by atoms with Crippen molar-refractivity contribution in [1.29, 1.82) is 0 Å². The third kappa shape index (κ3) is 4.58. The van der Waals surface area contributed by atoms with Crippen LogP contribution in [0.5, 0.6) is 0 Å². The zero-order chi connectivity index (χ0) is 15.2. The van der Waals surface area contributed by atoms with Gasteiger partial charge in [-0.2, -0.15) is 0 Å². The normalized spacial score (nSPS) is 24.0. The van der Waals surface area contributed by atoms with Crippen LogP contribution in [0.3, 0.4) is 0 Å². The quantitative estimate of drug-likeness (QED) is 0.499. The standard InChI is InChI=1S/C16H26N4S/c1-12(2)10-18-16(17)19-11-13-6-4-8-20(3)15(13)14-7-5-9-21-14/h5,7,9,13,15H,1,4,6,8,10-11H2,2-3H3,(H3,17,18,19). The monoisotopic (exact) mass is 306 g/mol. The van der Waals surface area contributed by atoms with Gasteiger partial charge in [0.05, 0.1) is 6.54 Å². The molecule has 2 atom stereocenters. The molecule has 1 aromatic rings. The molecule has 3 N–H and O–H groups in total. The number of nitrogens with zero attached hydrogens (tertiary/aromatic N) is 2. The molecule has 1 saturated heterocycles. The summed E-state index contributed by atoms with van der Waals surface area (Å²) in [6.45, 7) is 8.43. The van der Waals surface area contributed by atoms with Crippen LogP contribution >= 0.6 is 11.3 Å². The van der Waals surface area contributed by atoms with Crippen LogP contribution in [0.2, 0.25) is 0 Å². The molecule has 0 bridgehead atoms. The molecule has 1 aromatic heterocycles. The number of nitrogens with one attached hydrogen (secondary N) is 1. The smallest absolute Gasteiger partial charge is 0.188 e. The predicted octanol–water partition coefficient (Wildman–Crippen LogP) is 2.61. The molecule has 0 aromatic carbocycles. The van der Waals surface area contributed by atoms with Crippen LogP contribution in [0, 0.1) is 5.92 Å². The van der Waals surface area contributed by atoms with Crippen LogP contribution in [-0.4, -0.2) is 37.5 Å². The van der Waals surface area contributed by atoms with Gasteiger partial charge in [-0.1, -0.05) is 18.2 Å². The molecule has 0 spiro atoms. The van der Waals surface area contributed by atoms with Crippen molar-refractivity contribution in [1.82, 2.24) is 10.2 Å². The van der Waals surface area contributed by atoms with Crippen molar-refractivity contribution in [2.24, 2.45) is 16.6 Å². The number of thiophene rings is 1. The molecule has 0 amide bonds. The van der Waals surface area contributed by atoms with E-state index < -0.39 is 0 Å². The number of likely N-dealkylation sites (tertiary alicyclic amines) is 1. The van der Waals surface area contributed by atoms with Crippen LogP contribution in [0.15, 0.2) is 34.7 Å². The van der Waals surface area contributed by atoms with Gasteiger partial charge in [-0.3, -0.25) is 4.90 Å². The van der Waals surface area contributed by atoms with Gasteiger partial charge in [-0.25, -0.2) is 4.99 Å². The van der Waals surface area contributed by atoms with E-state index >= 15 is 0 Å². The lowest BCUT2D eigenvalue weighted by atomic mass is 9.88. The first-order valence-corrected chi connectivity index (χ1v) is 8.37. The van der Waals surface area contributed by atoms with E-state index in [9.17, 15) is 0 Å². The maximum absolute atomic E-state index is 5.92. The van der Waals surface area contributed by atoms with Gasteiger partial charge in [0, 0.05) is 17.5 Å². The topological polar surface area (TPSA) is 53.6 Å². The average Bonchev–Trinajstić information content (AvgIpc) is 2.96. The lowest BCUT2D eigenvalue weighted by molar-refractivity contribution is 0.125. The van der Waals surface area contributed by atoms with Crippen LogP contribution < -0.4 is 11.1 Å². The molecule has 2 unspecified atom stereocenters. The highest BCUT2D eigenvalue weighted by Crippen LogP contribution is 2.36. The first kappa shape index (κ1) is 16.0. The van der Waals surface area contributed by atoms with Crippen molar-refractivity contribution in [3.63, 3.8) is 0 Å². The minimum Gasteiger partial charge on any atom is -0.370 e. The summed E-state index contributed by atoms with van der Waals surface area (Å²) in [5, 5.41) is 5.44. The van der Waals surface area contributed by atoms with Crippen molar-refractivity contribution in [3.05, 3.63) is 34.5 Å². The molecule has 0 saturated carbocycles. The molecule has 5 heteroatoms. The lowest BCUT2D eigenvalue weighted by Crippen LogP contribution is -2.43. The third-order valence-electron chi connectivity index (χ3n) is 3.91. The number of nitrogens with two attached hydrogens (primary N) is 1. The van der Waals surface area contributed by atoms with E-state index in [1.807, 2.05) is 18.3 Å². The number of guanidine groups is 1. The van der Waals surface area contributed by atoms with E-state index in [-0.39, 0.29) is 0 Å². The molecule has 0 radical (unpaired) electrons. The molecule has 0 aliphatic carbocycles. The summed E-state index contributed by atoms with van der Waals surface area (Å²) in [5.74, 6) is 1.09. The van der Waals surface area contributed by atoms with Crippen molar-refractivity contribution in [2.75, 3.05) is 26.7 Å². The molecular formula is C16H26N4S. The Morgan fingerprint density at radius 1 is 1.62 bits per heavy atom. The van der Waals surface area contributed by atoms with Gasteiger partial charge in [0.25, 0.3) is 0 Å². The molecular weight excluding hydrogens is 280 g/mol. The molecule has 1 aliphatic heterocycles. The molecule has 2 heterocycles. The molecule has 4 nitrogen and oxygen atoms in total. The zero-order valence-electron chi connectivity index (χ0n) is 13.0. The van der Waals surface area contributed by atoms with E-state index in [4.69, 9.17) is 5.73 Å². The summed E-state index contributed by atoms with van der Waals surface area (Å²) in [7, 11) is 2.22. The molecule has 116 valence electrons. The largest absolute Gasteiger partial charge is 0.370 e. The molecule has 1 aliphatic rings. The predicted molar refractivity (Wildman–Crippen MR) is 91.7 cm³/mol. The maximum atomic E-state index is 5.92. The Kier molecular flexibility index (Phi) is 5.82. The second-order valence-electron chi connectivity index (χ2n) is 5.88. The first-order chi connectivity index (χ1) is 10.1. The van der Waals surface area contributed by atoms with E-state index in [2.05, 4.69) is 46.3 Å². The Morgan fingerprint density at radius 3 is 3.10 bits per heavy atom. The fourth-order valence-corrected chi connectivity index (χ4v) is 3.88. The van der Waals surface area contributed by atoms with Gasteiger partial charge in [0.15, 0.2) is 5.96 Å². The molecule has 2 rings (SSSR count). The van der Waals surface area contributed by atoms with E-state index in [1.54, 1.807) is 0 Å². The van der Waals surface area contributed by atoms with Crippen LogP contribution in [0.25, 0.3) is 0 Å². The Bertz CT molecular complexity index is 480. The number of rotatable bonds is 5. The van der Waals surface area contributed by atoms with Gasteiger partial charge in [-0.05, 0) is 50.7 Å². The Balaban J connectivity index is 1.96. The summed E-state index contributed by atoms with van der Waals surface area (Å²) < 4.78 is 0.